The molecule has 1 amide bonds. The Bertz CT molecular complexity index is 858. The number of nitrogens with two attached hydrogens (primary N) is 1. The van der Waals surface area contributed by atoms with Crippen LogP contribution in [-0.4, -0.2) is 47.3 Å². The Balaban J connectivity index is 1.85. The SMILES string of the molecule is COc1ccc2nccc(N3CC[C@@H]4CCCC[C@]4(CO)C3C(N)=O)c2n1. The van der Waals surface area contributed by atoms with Gasteiger partial charge in [-0.3, -0.25) is 9.78 Å². The number of aliphatic hydroxyl groups excluding tert-OH is 1. The van der Waals surface area contributed by atoms with Crippen molar-refractivity contribution in [2.75, 3.05) is 25.2 Å². The molecule has 2 aromatic rings. The van der Waals surface area contributed by atoms with Gasteiger partial charge in [0, 0.05) is 24.2 Å². The smallest absolute Gasteiger partial charge is 0.240 e. The summed E-state index contributed by atoms with van der Waals surface area (Å²) in [5, 5.41) is 10.4. The number of primary amides is 1. The van der Waals surface area contributed by atoms with Crippen LogP contribution in [0.2, 0.25) is 0 Å². The van der Waals surface area contributed by atoms with E-state index in [1.54, 1.807) is 19.4 Å². The molecule has 0 radical (unpaired) electrons. The third-order valence-electron chi connectivity index (χ3n) is 6.45. The van der Waals surface area contributed by atoms with E-state index in [2.05, 4.69) is 9.97 Å². The van der Waals surface area contributed by atoms with E-state index in [9.17, 15) is 9.90 Å². The van der Waals surface area contributed by atoms with E-state index in [1.807, 2.05) is 17.0 Å². The van der Waals surface area contributed by atoms with E-state index in [0.717, 1.165) is 43.3 Å². The fraction of sp³-hybridized carbons (Fsp3) is 0.550. The third-order valence-corrected chi connectivity index (χ3v) is 6.45. The number of piperidine rings is 1. The lowest BCUT2D eigenvalue weighted by Gasteiger charge is -2.55. The summed E-state index contributed by atoms with van der Waals surface area (Å²) < 4.78 is 5.28. The van der Waals surface area contributed by atoms with E-state index >= 15 is 0 Å². The second kappa shape index (κ2) is 6.96. The number of hydrogen-bond acceptors (Lipinski definition) is 6. The molecule has 0 bridgehead atoms. The summed E-state index contributed by atoms with van der Waals surface area (Å²) in [6.45, 7) is 0.680. The average molecular weight is 370 g/mol. The fourth-order valence-electron chi connectivity index (χ4n) is 5.19. The molecule has 27 heavy (non-hydrogen) atoms. The Hall–Kier alpha value is -2.41. The van der Waals surface area contributed by atoms with Gasteiger partial charge < -0.3 is 20.5 Å². The first kappa shape index (κ1) is 18.0. The molecular formula is C20H26N4O3. The molecule has 1 saturated heterocycles. The zero-order chi connectivity index (χ0) is 19.0. The van der Waals surface area contributed by atoms with Gasteiger partial charge in [0.1, 0.15) is 11.6 Å². The van der Waals surface area contributed by atoms with E-state index in [0.29, 0.717) is 23.9 Å². The van der Waals surface area contributed by atoms with Crippen molar-refractivity contribution < 1.29 is 14.6 Å². The largest absolute Gasteiger partial charge is 0.481 e. The number of aliphatic hydroxyl groups is 1. The second-order valence-electron chi connectivity index (χ2n) is 7.67. The number of hydrogen-bond donors (Lipinski definition) is 2. The molecule has 1 aliphatic heterocycles. The van der Waals surface area contributed by atoms with E-state index in [-0.39, 0.29) is 12.5 Å². The highest BCUT2D eigenvalue weighted by atomic mass is 16.5. The van der Waals surface area contributed by atoms with Crippen LogP contribution in [0.1, 0.15) is 32.1 Å². The number of methoxy groups -OCH3 is 1. The number of fused-ring (bicyclic) bond motifs is 2. The van der Waals surface area contributed by atoms with Gasteiger partial charge in [-0.05, 0) is 37.3 Å². The number of rotatable bonds is 4. The van der Waals surface area contributed by atoms with Crippen molar-refractivity contribution in [3.63, 3.8) is 0 Å². The van der Waals surface area contributed by atoms with Gasteiger partial charge >= 0.3 is 0 Å². The average Bonchev–Trinajstić information content (AvgIpc) is 2.71. The van der Waals surface area contributed by atoms with Gasteiger partial charge in [0.15, 0.2) is 0 Å². The summed E-state index contributed by atoms with van der Waals surface area (Å²) in [5.41, 5.74) is 7.66. The van der Waals surface area contributed by atoms with E-state index in [1.165, 1.54) is 0 Å². The number of pyridine rings is 2. The Morgan fingerprint density at radius 1 is 1.37 bits per heavy atom. The van der Waals surface area contributed by atoms with Gasteiger partial charge in [-0.1, -0.05) is 12.8 Å². The number of ether oxygens (including phenoxy) is 1. The first-order valence-electron chi connectivity index (χ1n) is 9.57. The van der Waals surface area contributed by atoms with Gasteiger partial charge in [0.2, 0.25) is 11.8 Å². The molecule has 0 spiro atoms. The Labute approximate surface area is 158 Å². The van der Waals surface area contributed by atoms with Crippen LogP contribution in [0, 0.1) is 11.3 Å². The predicted octanol–water partition coefficient (Wildman–Crippen LogP) is 1.87. The molecule has 7 heteroatoms. The van der Waals surface area contributed by atoms with Crippen molar-refractivity contribution >= 4 is 22.6 Å². The quantitative estimate of drug-likeness (QED) is 0.852. The van der Waals surface area contributed by atoms with Crippen LogP contribution in [0.3, 0.4) is 0 Å². The van der Waals surface area contributed by atoms with Crippen molar-refractivity contribution in [2.24, 2.45) is 17.1 Å². The molecule has 2 fully saturated rings. The van der Waals surface area contributed by atoms with Crippen LogP contribution in [0.25, 0.3) is 11.0 Å². The zero-order valence-electron chi connectivity index (χ0n) is 15.6. The number of carbonyl (C=O) groups excluding carboxylic acids is 1. The van der Waals surface area contributed by atoms with Gasteiger partial charge in [0.25, 0.3) is 0 Å². The van der Waals surface area contributed by atoms with Crippen molar-refractivity contribution in [3.8, 4) is 5.88 Å². The summed E-state index contributed by atoms with van der Waals surface area (Å²) in [5.74, 6) is 0.431. The number of anilines is 1. The highest BCUT2D eigenvalue weighted by Gasteiger charge is 2.54. The highest BCUT2D eigenvalue weighted by molar-refractivity contribution is 5.92. The first-order valence-corrected chi connectivity index (χ1v) is 9.57. The summed E-state index contributed by atoms with van der Waals surface area (Å²) in [6.07, 6.45) is 6.67. The molecule has 0 aromatic carbocycles. The van der Waals surface area contributed by atoms with Gasteiger partial charge in [0.05, 0.1) is 24.9 Å². The van der Waals surface area contributed by atoms with Gasteiger partial charge in [-0.25, -0.2) is 4.98 Å². The first-order chi connectivity index (χ1) is 13.1. The molecule has 3 N–H and O–H groups in total. The molecule has 4 rings (SSSR count). The molecule has 1 unspecified atom stereocenters. The fourth-order valence-corrected chi connectivity index (χ4v) is 5.19. The predicted molar refractivity (Wildman–Crippen MR) is 103 cm³/mol. The maximum absolute atomic E-state index is 12.6. The van der Waals surface area contributed by atoms with Crippen molar-refractivity contribution in [1.82, 2.24) is 9.97 Å². The molecule has 144 valence electrons. The van der Waals surface area contributed by atoms with E-state index in [4.69, 9.17) is 10.5 Å². The number of aromatic nitrogens is 2. The van der Waals surface area contributed by atoms with E-state index < -0.39 is 11.5 Å². The van der Waals surface area contributed by atoms with Crippen LogP contribution in [0.5, 0.6) is 5.88 Å². The van der Waals surface area contributed by atoms with Crippen LogP contribution in [0.4, 0.5) is 5.69 Å². The normalized spacial score (nSPS) is 28.0. The summed E-state index contributed by atoms with van der Waals surface area (Å²) in [7, 11) is 1.57. The Kier molecular flexibility index (Phi) is 4.63. The Morgan fingerprint density at radius 2 is 2.22 bits per heavy atom. The zero-order valence-corrected chi connectivity index (χ0v) is 15.6. The monoisotopic (exact) mass is 370 g/mol. The molecular weight excluding hydrogens is 344 g/mol. The van der Waals surface area contributed by atoms with Crippen LogP contribution in [0.15, 0.2) is 24.4 Å². The molecule has 7 nitrogen and oxygen atoms in total. The minimum Gasteiger partial charge on any atom is -0.481 e. The molecule has 1 aliphatic carbocycles. The molecule has 2 aliphatic rings. The minimum absolute atomic E-state index is 0.0263. The summed E-state index contributed by atoms with van der Waals surface area (Å²) in [4.78, 5) is 23.6. The lowest BCUT2D eigenvalue weighted by atomic mass is 9.59. The molecule has 3 atom stereocenters. The molecule has 3 heterocycles. The van der Waals surface area contributed by atoms with Crippen molar-refractivity contribution in [2.45, 2.75) is 38.1 Å². The standard InChI is InChI=1S/C20H26N4O3/c1-27-16-6-5-14-17(23-16)15(7-10-22-14)24-11-8-13-4-2-3-9-20(13,12-25)18(24)19(21)26/h5-7,10,13,18,25H,2-4,8-9,11-12H2,1H3,(H2,21,26)/t13-,18?,20+/m0/s1. The maximum atomic E-state index is 12.6. The Morgan fingerprint density at radius 3 is 2.96 bits per heavy atom. The van der Waals surface area contributed by atoms with Crippen molar-refractivity contribution in [1.29, 1.82) is 0 Å². The summed E-state index contributed by atoms with van der Waals surface area (Å²) >= 11 is 0. The van der Waals surface area contributed by atoms with Crippen molar-refractivity contribution in [3.05, 3.63) is 24.4 Å². The molecule has 2 aromatic heterocycles. The van der Waals surface area contributed by atoms with Crippen LogP contribution >= 0.6 is 0 Å². The van der Waals surface area contributed by atoms with Crippen LogP contribution in [-0.2, 0) is 4.79 Å². The minimum atomic E-state index is -0.555. The molecule has 1 saturated carbocycles. The van der Waals surface area contributed by atoms with Gasteiger partial charge in [-0.15, -0.1) is 0 Å². The second-order valence-corrected chi connectivity index (χ2v) is 7.67. The maximum Gasteiger partial charge on any atom is 0.240 e. The number of nitrogens with zero attached hydrogens (tertiary/aromatic N) is 3. The number of carbonyl (C=O) groups is 1. The highest BCUT2D eigenvalue weighted by Crippen LogP contribution is 2.51. The lowest BCUT2D eigenvalue weighted by molar-refractivity contribution is -0.128. The number of amides is 1. The lowest BCUT2D eigenvalue weighted by Crippen LogP contribution is -2.64. The third kappa shape index (κ3) is 2.81. The summed E-state index contributed by atoms with van der Waals surface area (Å²) in [6, 6.07) is 4.95. The topological polar surface area (TPSA) is 102 Å². The van der Waals surface area contributed by atoms with Crippen LogP contribution < -0.4 is 15.4 Å². The van der Waals surface area contributed by atoms with Gasteiger partial charge in [-0.2, -0.15) is 0 Å².